The monoisotopic (exact) mass is 207 g/mol. The molecule has 14 heavy (non-hydrogen) atoms. The van der Waals surface area contributed by atoms with Crippen LogP contribution in [0.15, 0.2) is 0 Å². The standard InChI is InChI=1S/C8H12F3N3/c9-8(10,11)6(13)7(5-12)1-3-14-4-2-7/h6,14H,1-4,13H2. The molecule has 1 unspecified atom stereocenters. The van der Waals surface area contributed by atoms with Crippen molar-refractivity contribution in [2.45, 2.75) is 25.1 Å². The number of rotatable bonds is 1. The lowest BCUT2D eigenvalue weighted by Gasteiger charge is -2.36. The summed E-state index contributed by atoms with van der Waals surface area (Å²) < 4.78 is 37.1. The molecule has 0 spiro atoms. The average molecular weight is 207 g/mol. The molecule has 80 valence electrons. The Kier molecular flexibility index (Phi) is 3.02. The number of nitrogens with two attached hydrogens (primary N) is 1. The molecule has 0 aromatic rings. The molecule has 0 saturated carbocycles. The van der Waals surface area contributed by atoms with Crippen LogP contribution in [-0.2, 0) is 0 Å². The fraction of sp³-hybridized carbons (Fsp3) is 0.875. The van der Waals surface area contributed by atoms with Gasteiger partial charge in [-0.15, -0.1) is 0 Å². The minimum Gasteiger partial charge on any atom is -0.319 e. The Morgan fingerprint density at radius 1 is 1.36 bits per heavy atom. The highest BCUT2D eigenvalue weighted by Gasteiger charge is 2.52. The molecule has 3 N–H and O–H groups in total. The van der Waals surface area contributed by atoms with Crippen LogP contribution < -0.4 is 11.1 Å². The third-order valence-corrected chi connectivity index (χ3v) is 2.67. The molecule has 1 atom stereocenters. The van der Waals surface area contributed by atoms with Gasteiger partial charge in [-0.05, 0) is 25.9 Å². The minimum atomic E-state index is -4.49. The average Bonchev–Trinajstić information content (AvgIpc) is 2.16. The highest BCUT2D eigenvalue weighted by Crippen LogP contribution is 2.38. The van der Waals surface area contributed by atoms with E-state index in [9.17, 15) is 13.2 Å². The van der Waals surface area contributed by atoms with Gasteiger partial charge in [0.05, 0.1) is 11.5 Å². The van der Waals surface area contributed by atoms with Gasteiger partial charge in [0.1, 0.15) is 6.04 Å². The first-order chi connectivity index (χ1) is 6.42. The second kappa shape index (κ2) is 3.75. The maximum absolute atomic E-state index is 12.4. The molecular weight excluding hydrogens is 195 g/mol. The van der Waals surface area contributed by atoms with E-state index in [0.717, 1.165) is 0 Å². The van der Waals surface area contributed by atoms with Gasteiger partial charge >= 0.3 is 6.18 Å². The van der Waals surface area contributed by atoms with Crippen molar-refractivity contribution in [1.29, 1.82) is 5.26 Å². The van der Waals surface area contributed by atoms with E-state index in [2.05, 4.69) is 5.32 Å². The predicted molar refractivity (Wildman–Crippen MR) is 44.2 cm³/mol. The van der Waals surface area contributed by atoms with Gasteiger partial charge in [0.25, 0.3) is 0 Å². The van der Waals surface area contributed by atoms with Crippen molar-refractivity contribution in [3.63, 3.8) is 0 Å². The third-order valence-electron chi connectivity index (χ3n) is 2.67. The van der Waals surface area contributed by atoms with Crippen LogP contribution >= 0.6 is 0 Å². The Hall–Kier alpha value is -0.800. The smallest absolute Gasteiger partial charge is 0.319 e. The normalized spacial score (nSPS) is 23.9. The Balaban J connectivity index is 2.84. The lowest BCUT2D eigenvalue weighted by atomic mass is 9.74. The van der Waals surface area contributed by atoms with Gasteiger partial charge < -0.3 is 11.1 Å². The van der Waals surface area contributed by atoms with Gasteiger partial charge in [-0.2, -0.15) is 18.4 Å². The summed E-state index contributed by atoms with van der Waals surface area (Å²) in [6, 6.07) is -0.301. The van der Waals surface area contributed by atoms with Gasteiger partial charge in [-0.25, -0.2) is 0 Å². The quantitative estimate of drug-likeness (QED) is 0.667. The van der Waals surface area contributed by atoms with Crippen molar-refractivity contribution in [2.75, 3.05) is 13.1 Å². The zero-order valence-corrected chi connectivity index (χ0v) is 7.56. The lowest BCUT2D eigenvalue weighted by Crippen LogP contribution is -2.54. The molecule has 0 aliphatic carbocycles. The largest absolute Gasteiger partial charge is 0.405 e. The first-order valence-electron chi connectivity index (χ1n) is 4.37. The second-order valence-electron chi connectivity index (χ2n) is 3.54. The maximum atomic E-state index is 12.4. The van der Waals surface area contributed by atoms with E-state index in [1.165, 1.54) is 0 Å². The molecular formula is C8H12F3N3. The predicted octanol–water partition coefficient (Wildman–Crippen LogP) is 0.769. The molecule has 3 nitrogen and oxygen atoms in total. The van der Waals surface area contributed by atoms with Crippen molar-refractivity contribution >= 4 is 0 Å². The molecule has 1 fully saturated rings. The van der Waals surface area contributed by atoms with Crippen molar-refractivity contribution < 1.29 is 13.2 Å². The van der Waals surface area contributed by atoms with Crippen LogP contribution in [0, 0.1) is 16.7 Å². The molecule has 6 heteroatoms. The van der Waals surface area contributed by atoms with E-state index in [-0.39, 0.29) is 12.8 Å². The summed E-state index contributed by atoms with van der Waals surface area (Å²) in [5.41, 5.74) is 3.65. The molecule has 0 radical (unpaired) electrons. The molecule has 1 heterocycles. The molecule has 1 saturated heterocycles. The molecule has 0 bridgehead atoms. The Bertz CT molecular complexity index is 237. The van der Waals surface area contributed by atoms with E-state index < -0.39 is 17.6 Å². The molecule has 1 aliphatic heterocycles. The number of hydrogen-bond donors (Lipinski definition) is 2. The van der Waals surface area contributed by atoms with Crippen LogP contribution in [0.2, 0.25) is 0 Å². The van der Waals surface area contributed by atoms with Crippen LogP contribution in [0.25, 0.3) is 0 Å². The first-order valence-corrected chi connectivity index (χ1v) is 4.37. The van der Waals surface area contributed by atoms with Crippen molar-refractivity contribution in [3.8, 4) is 6.07 Å². The number of nitrogens with one attached hydrogen (secondary N) is 1. The van der Waals surface area contributed by atoms with Gasteiger partial charge in [-0.3, -0.25) is 0 Å². The van der Waals surface area contributed by atoms with Crippen LogP contribution in [-0.4, -0.2) is 25.3 Å². The number of nitriles is 1. The van der Waals surface area contributed by atoms with Crippen LogP contribution in [0.1, 0.15) is 12.8 Å². The molecule has 0 aromatic heterocycles. The molecule has 0 amide bonds. The Morgan fingerprint density at radius 3 is 2.21 bits per heavy atom. The molecule has 1 rings (SSSR count). The van der Waals surface area contributed by atoms with Crippen LogP contribution in [0.4, 0.5) is 13.2 Å². The SMILES string of the molecule is N#CC1(C(N)C(F)(F)F)CCNCC1. The zero-order chi connectivity index (χ0) is 10.8. The number of halogens is 3. The van der Waals surface area contributed by atoms with Crippen molar-refractivity contribution in [3.05, 3.63) is 0 Å². The summed E-state index contributed by atoms with van der Waals surface area (Å²) in [6.07, 6.45) is -4.18. The van der Waals surface area contributed by atoms with E-state index in [1.54, 1.807) is 6.07 Å². The first kappa shape index (κ1) is 11.3. The number of hydrogen-bond acceptors (Lipinski definition) is 3. The number of piperidine rings is 1. The van der Waals surface area contributed by atoms with Gasteiger partial charge in [0.15, 0.2) is 0 Å². The van der Waals surface area contributed by atoms with Crippen molar-refractivity contribution in [2.24, 2.45) is 11.1 Å². The molecule has 0 aromatic carbocycles. The Morgan fingerprint density at radius 2 is 1.86 bits per heavy atom. The zero-order valence-electron chi connectivity index (χ0n) is 7.56. The van der Waals surface area contributed by atoms with Crippen LogP contribution in [0.3, 0.4) is 0 Å². The number of nitrogens with zero attached hydrogens (tertiary/aromatic N) is 1. The van der Waals surface area contributed by atoms with Crippen molar-refractivity contribution in [1.82, 2.24) is 5.32 Å². The summed E-state index contributed by atoms with van der Waals surface area (Å²) in [5, 5.41) is 11.7. The molecule has 1 aliphatic rings. The van der Waals surface area contributed by atoms with Gasteiger partial charge in [0, 0.05) is 0 Å². The highest BCUT2D eigenvalue weighted by atomic mass is 19.4. The lowest BCUT2D eigenvalue weighted by molar-refractivity contribution is -0.170. The maximum Gasteiger partial charge on any atom is 0.405 e. The summed E-state index contributed by atoms with van der Waals surface area (Å²) in [7, 11) is 0. The van der Waals surface area contributed by atoms with Gasteiger partial charge in [-0.1, -0.05) is 0 Å². The topological polar surface area (TPSA) is 61.8 Å². The van der Waals surface area contributed by atoms with E-state index >= 15 is 0 Å². The van der Waals surface area contributed by atoms with E-state index in [1.807, 2.05) is 0 Å². The van der Waals surface area contributed by atoms with Gasteiger partial charge in [0.2, 0.25) is 0 Å². The highest BCUT2D eigenvalue weighted by molar-refractivity contribution is 5.09. The summed E-state index contributed by atoms with van der Waals surface area (Å²) >= 11 is 0. The summed E-state index contributed by atoms with van der Waals surface area (Å²) in [5.74, 6) is 0. The fourth-order valence-corrected chi connectivity index (χ4v) is 1.68. The van der Waals surface area contributed by atoms with E-state index in [0.29, 0.717) is 13.1 Å². The minimum absolute atomic E-state index is 0.157. The third kappa shape index (κ3) is 1.99. The fourth-order valence-electron chi connectivity index (χ4n) is 1.68. The van der Waals surface area contributed by atoms with Crippen LogP contribution in [0.5, 0.6) is 0 Å². The summed E-state index contributed by atoms with van der Waals surface area (Å²) in [6.45, 7) is 0.828. The van der Waals surface area contributed by atoms with E-state index in [4.69, 9.17) is 11.0 Å². The second-order valence-corrected chi connectivity index (χ2v) is 3.54. The Labute approximate surface area is 80.1 Å². The number of alkyl halides is 3. The summed E-state index contributed by atoms with van der Waals surface area (Å²) in [4.78, 5) is 0.